The van der Waals surface area contributed by atoms with E-state index in [4.69, 9.17) is 4.98 Å². The van der Waals surface area contributed by atoms with Crippen LogP contribution in [0, 0.1) is 13.8 Å². The maximum absolute atomic E-state index is 9.76. The first-order valence-corrected chi connectivity index (χ1v) is 8.19. The van der Waals surface area contributed by atoms with Gasteiger partial charge in [-0.1, -0.05) is 6.42 Å². The third kappa shape index (κ3) is 2.79. The lowest BCUT2D eigenvalue weighted by Gasteiger charge is -2.48. The molecule has 2 unspecified atom stereocenters. The molecule has 0 bridgehead atoms. The van der Waals surface area contributed by atoms with Crippen molar-refractivity contribution in [3.63, 3.8) is 0 Å². The summed E-state index contributed by atoms with van der Waals surface area (Å²) >= 11 is 0. The molecule has 0 aromatic carbocycles. The second-order valence-corrected chi connectivity index (χ2v) is 6.69. The van der Waals surface area contributed by atoms with Crippen molar-refractivity contribution in [3.8, 4) is 0 Å². The van der Waals surface area contributed by atoms with E-state index in [1.165, 1.54) is 25.8 Å². The minimum absolute atomic E-state index is 0.0754. The molecular weight excluding hydrogens is 262 g/mol. The number of piperazine rings is 1. The van der Waals surface area contributed by atoms with Crippen LogP contribution >= 0.6 is 0 Å². The summed E-state index contributed by atoms with van der Waals surface area (Å²) in [4.78, 5) is 9.84. The van der Waals surface area contributed by atoms with Crippen molar-refractivity contribution in [3.05, 3.63) is 22.9 Å². The Labute approximate surface area is 127 Å². The van der Waals surface area contributed by atoms with Gasteiger partial charge in [-0.15, -0.1) is 0 Å². The Balaban J connectivity index is 1.92. The maximum atomic E-state index is 9.76. The summed E-state index contributed by atoms with van der Waals surface area (Å²) in [5.74, 6) is 1.01. The van der Waals surface area contributed by atoms with E-state index in [2.05, 4.69) is 29.7 Å². The smallest absolute Gasteiger partial charge is 0.134 e. The van der Waals surface area contributed by atoms with E-state index in [0.717, 1.165) is 35.7 Å². The van der Waals surface area contributed by atoms with E-state index in [0.29, 0.717) is 12.1 Å². The van der Waals surface area contributed by atoms with Crippen molar-refractivity contribution < 1.29 is 5.11 Å². The van der Waals surface area contributed by atoms with Crippen molar-refractivity contribution in [1.29, 1.82) is 0 Å². The van der Waals surface area contributed by atoms with Gasteiger partial charge in [0.1, 0.15) is 5.82 Å². The predicted molar refractivity (Wildman–Crippen MR) is 85.7 cm³/mol. The van der Waals surface area contributed by atoms with Crippen molar-refractivity contribution in [2.45, 2.75) is 58.7 Å². The molecule has 1 aromatic rings. The zero-order valence-corrected chi connectivity index (χ0v) is 13.5. The molecule has 0 aliphatic carbocycles. The Kier molecular flexibility index (Phi) is 4.18. The second-order valence-electron chi connectivity index (χ2n) is 6.69. The van der Waals surface area contributed by atoms with E-state index in [1.54, 1.807) is 0 Å². The first-order chi connectivity index (χ1) is 10.1. The molecule has 4 heteroatoms. The Morgan fingerprint density at radius 3 is 2.86 bits per heavy atom. The number of aryl methyl sites for hydroxylation is 2. The molecule has 2 fully saturated rings. The molecule has 1 aromatic heterocycles. The average molecular weight is 289 g/mol. The van der Waals surface area contributed by atoms with E-state index < -0.39 is 0 Å². The molecule has 1 N–H and O–H groups in total. The Bertz CT molecular complexity index is 517. The molecule has 116 valence electrons. The maximum Gasteiger partial charge on any atom is 0.134 e. The van der Waals surface area contributed by atoms with Crippen molar-refractivity contribution in [2.24, 2.45) is 0 Å². The van der Waals surface area contributed by atoms with Crippen LogP contribution in [0.4, 0.5) is 5.82 Å². The van der Waals surface area contributed by atoms with Crippen LogP contribution in [0.1, 0.15) is 43.0 Å². The van der Waals surface area contributed by atoms with Crippen molar-refractivity contribution >= 4 is 5.82 Å². The van der Waals surface area contributed by atoms with Gasteiger partial charge in [0.25, 0.3) is 0 Å². The quantitative estimate of drug-likeness (QED) is 0.906. The minimum Gasteiger partial charge on any atom is -0.392 e. The number of rotatable bonds is 2. The molecule has 2 atom stereocenters. The highest BCUT2D eigenvalue weighted by atomic mass is 16.3. The van der Waals surface area contributed by atoms with Crippen LogP contribution in [0.25, 0.3) is 0 Å². The van der Waals surface area contributed by atoms with Gasteiger partial charge in [0, 0.05) is 36.4 Å². The average Bonchev–Trinajstić information content (AvgIpc) is 2.45. The summed E-state index contributed by atoms with van der Waals surface area (Å²) in [6.07, 6.45) is 3.98. The number of aliphatic hydroxyl groups is 1. The third-order valence-electron chi connectivity index (χ3n) is 5.07. The minimum atomic E-state index is 0.0754. The summed E-state index contributed by atoms with van der Waals surface area (Å²) in [6, 6.07) is 3.18. The highest BCUT2D eigenvalue weighted by Gasteiger charge is 2.34. The molecule has 0 amide bonds. The summed E-state index contributed by atoms with van der Waals surface area (Å²) in [7, 11) is 0. The van der Waals surface area contributed by atoms with E-state index in [9.17, 15) is 5.11 Å². The SMILES string of the molecule is Cc1cc(C)c(CO)c(N2CC3CCCCN3CC2C)n1. The highest BCUT2D eigenvalue weighted by Crippen LogP contribution is 2.30. The first-order valence-electron chi connectivity index (χ1n) is 8.19. The number of aliphatic hydroxyl groups excluding tert-OH is 1. The summed E-state index contributed by atoms with van der Waals surface area (Å²) in [5.41, 5.74) is 3.19. The lowest BCUT2D eigenvalue weighted by molar-refractivity contribution is 0.115. The highest BCUT2D eigenvalue weighted by molar-refractivity contribution is 5.52. The van der Waals surface area contributed by atoms with Crippen LogP contribution in [0.15, 0.2) is 6.07 Å². The van der Waals surface area contributed by atoms with Gasteiger partial charge in [0.15, 0.2) is 0 Å². The molecule has 0 radical (unpaired) electrons. The van der Waals surface area contributed by atoms with Gasteiger partial charge < -0.3 is 10.0 Å². The number of hydrogen-bond acceptors (Lipinski definition) is 4. The molecular formula is C17H27N3O. The zero-order valence-electron chi connectivity index (χ0n) is 13.5. The molecule has 3 rings (SSSR count). The van der Waals surface area contributed by atoms with E-state index in [-0.39, 0.29) is 6.61 Å². The number of piperidine rings is 1. The Morgan fingerprint density at radius 2 is 2.10 bits per heavy atom. The molecule has 2 aliphatic rings. The molecule has 2 aliphatic heterocycles. The van der Waals surface area contributed by atoms with Gasteiger partial charge in [-0.25, -0.2) is 4.98 Å². The Morgan fingerprint density at radius 1 is 1.29 bits per heavy atom. The van der Waals surface area contributed by atoms with E-state index in [1.807, 2.05) is 6.92 Å². The van der Waals surface area contributed by atoms with Crippen molar-refractivity contribution in [2.75, 3.05) is 24.5 Å². The van der Waals surface area contributed by atoms with Crippen molar-refractivity contribution in [1.82, 2.24) is 9.88 Å². The number of aromatic nitrogens is 1. The van der Waals surface area contributed by atoms with Gasteiger partial charge in [-0.3, -0.25) is 4.90 Å². The summed E-state index contributed by atoms with van der Waals surface area (Å²) in [5, 5.41) is 9.76. The number of hydrogen-bond donors (Lipinski definition) is 1. The second kappa shape index (κ2) is 5.93. The van der Waals surface area contributed by atoms with Crippen LogP contribution in [0.5, 0.6) is 0 Å². The van der Waals surface area contributed by atoms with Crippen LogP contribution in [-0.4, -0.2) is 46.7 Å². The van der Waals surface area contributed by atoms with Gasteiger partial charge in [-0.05, 0) is 51.8 Å². The molecule has 3 heterocycles. The van der Waals surface area contributed by atoms with Crippen LogP contribution < -0.4 is 4.90 Å². The third-order valence-corrected chi connectivity index (χ3v) is 5.07. The van der Waals surface area contributed by atoms with E-state index >= 15 is 0 Å². The van der Waals surface area contributed by atoms with Gasteiger partial charge >= 0.3 is 0 Å². The lowest BCUT2D eigenvalue weighted by atomic mass is 9.96. The van der Waals surface area contributed by atoms with Gasteiger partial charge in [0.05, 0.1) is 6.61 Å². The zero-order chi connectivity index (χ0) is 15.0. The van der Waals surface area contributed by atoms with Crippen LogP contribution in [0.2, 0.25) is 0 Å². The molecule has 21 heavy (non-hydrogen) atoms. The normalized spacial score (nSPS) is 26.8. The topological polar surface area (TPSA) is 39.6 Å². The summed E-state index contributed by atoms with van der Waals surface area (Å²) < 4.78 is 0. The first kappa shape index (κ1) is 14.8. The van der Waals surface area contributed by atoms with Gasteiger partial charge in [0.2, 0.25) is 0 Å². The largest absolute Gasteiger partial charge is 0.392 e. The number of anilines is 1. The molecule has 2 saturated heterocycles. The summed E-state index contributed by atoms with van der Waals surface area (Å²) in [6.45, 7) is 9.88. The number of nitrogens with zero attached hydrogens (tertiary/aromatic N) is 3. The fraction of sp³-hybridized carbons (Fsp3) is 0.706. The number of fused-ring (bicyclic) bond motifs is 1. The fourth-order valence-corrected chi connectivity index (χ4v) is 3.92. The predicted octanol–water partition coefficient (Wildman–Crippen LogP) is 2.25. The molecule has 4 nitrogen and oxygen atoms in total. The standard InChI is InChI=1S/C17H27N3O/c1-12-8-13(2)18-17(16(12)11-21)20-10-15-6-4-5-7-19(15)9-14(20)3/h8,14-15,21H,4-7,9-11H2,1-3H3. The molecule has 0 spiro atoms. The fourth-order valence-electron chi connectivity index (χ4n) is 3.92. The van der Waals surface area contributed by atoms with Gasteiger partial charge in [-0.2, -0.15) is 0 Å². The number of pyridine rings is 1. The van der Waals surface area contributed by atoms with Crippen LogP contribution in [0.3, 0.4) is 0 Å². The molecule has 0 saturated carbocycles. The lowest BCUT2D eigenvalue weighted by Crippen LogP contribution is -2.59. The Hall–Kier alpha value is -1.13. The monoisotopic (exact) mass is 289 g/mol. The van der Waals surface area contributed by atoms with Crippen LogP contribution in [-0.2, 0) is 6.61 Å².